The van der Waals surface area contributed by atoms with Crippen LogP contribution in [0.3, 0.4) is 0 Å². The molecule has 1 heterocycles. The molecule has 0 saturated heterocycles. The van der Waals surface area contributed by atoms with Gasteiger partial charge in [-0.15, -0.1) is 5.10 Å². The lowest BCUT2D eigenvalue weighted by atomic mass is 10.1. The van der Waals surface area contributed by atoms with Crippen molar-refractivity contribution in [3.63, 3.8) is 0 Å². The number of hydrogen-bond acceptors (Lipinski definition) is 10. The fourth-order valence-electron chi connectivity index (χ4n) is 3.46. The number of ether oxygens (including phenoxy) is 3. The second-order valence-corrected chi connectivity index (χ2v) is 8.15. The monoisotopic (exact) mass is 540 g/mol. The fraction of sp³-hybridized carbons (Fsp3) is 0.320. The average molecular weight is 541 g/mol. The van der Waals surface area contributed by atoms with Crippen LogP contribution in [0.4, 0.5) is 5.69 Å². The molecule has 14 heteroatoms. The van der Waals surface area contributed by atoms with Gasteiger partial charge in [0, 0.05) is 19.0 Å². The topological polar surface area (TPSA) is 177 Å². The minimum absolute atomic E-state index is 0.0248. The van der Waals surface area contributed by atoms with Gasteiger partial charge < -0.3 is 24.8 Å². The number of nitro benzene ring substituents is 1. The Morgan fingerprint density at radius 1 is 1.15 bits per heavy atom. The molecular weight excluding hydrogens is 512 g/mol. The third-order valence-electron chi connectivity index (χ3n) is 5.53. The molecule has 2 aromatic carbocycles. The number of nitrogens with one attached hydrogen (secondary N) is 2. The van der Waals surface area contributed by atoms with Gasteiger partial charge in [-0.3, -0.25) is 24.5 Å². The van der Waals surface area contributed by atoms with E-state index in [0.717, 1.165) is 6.07 Å². The van der Waals surface area contributed by atoms with E-state index in [1.165, 1.54) is 24.8 Å². The first-order valence-corrected chi connectivity index (χ1v) is 11.9. The lowest BCUT2D eigenvalue weighted by Crippen LogP contribution is -2.28. The maximum atomic E-state index is 12.4. The summed E-state index contributed by atoms with van der Waals surface area (Å²) in [6.07, 6.45) is 0.841. The van der Waals surface area contributed by atoms with Crippen LogP contribution in [0.5, 0.6) is 11.5 Å². The van der Waals surface area contributed by atoms with E-state index in [-0.39, 0.29) is 41.6 Å². The highest BCUT2D eigenvalue weighted by Crippen LogP contribution is 2.38. The molecule has 39 heavy (non-hydrogen) atoms. The number of carbonyl (C=O) groups excluding carboxylic acids is 3. The smallest absolute Gasteiger partial charge is 0.306 e. The number of nitro groups is 1. The SMILES string of the molecule is CCC(=O)OC(C)c1cc(OC)c(OCC(=O)NCc2cn(-c3ccc(C(=O)NC)cc3)nn2)cc1[N+](=O)[O-]. The molecular formula is C25H28N6O8. The van der Waals surface area contributed by atoms with Gasteiger partial charge >= 0.3 is 5.97 Å². The number of hydrogen-bond donors (Lipinski definition) is 2. The van der Waals surface area contributed by atoms with E-state index in [1.807, 2.05) is 0 Å². The van der Waals surface area contributed by atoms with Gasteiger partial charge in [0.15, 0.2) is 18.1 Å². The number of aromatic nitrogens is 3. The number of benzene rings is 2. The van der Waals surface area contributed by atoms with Crippen molar-refractivity contribution in [2.24, 2.45) is 0 Å². The van der Waals surface area contributed by atoms with Crippen molar-refractivity contribution < 1.29 is 33.5 Å². The van der Waals surface area contributed by atoms with Gasteiger partial charge in [0.2, 0.25) is 0 Å². The van der Waals surface area contributed by atoms with Crippen molar-refractivity contribution in [2.45, 2.75) is 32.9 Å². The zero-order valence-electron chi connectivity index (χ0n) is 21.8. The third-order valence-corrected chi connectivity index (χ3v) is 5.53. The van der Waals surface area contributed by atoms with Crippen LogP contribution in [0.25, 0.3) is 5.69 Å². The molecule has 0 spiro atoms. The molecule has 0 aliphatic rings. The van der Waals surface area contributed by atoms with Gasteiger partial charge in [-0.1, -0.05) is 12.1 Å². The lowest BCUT2D eigenvalue weighted by Gasteiger charge is -2.16. The Bertz CT molecular complexity index is 1360. The fourth-order valence-corrected chi connectivity index (χ4v) is 3.46. The van der Waals surface area contributed by atoms with Crippen molar-refractivity contribution in [2.75, 3.05) is 20.8 Å². The van der Waals surface area contributed by atoms with Crippen LogP contribution in [0.15, 0.2) is 42.6 Å². The second kappa shape index (κ2) is 13.0. The maximum Gasteiger partial charge on any atom is 0.306 e. The first-order chi connectivity index (χ1) is 18.7. The minimum atomic E-state index is -0.897. The maximum absolute atomic E-state index is 12.4. The molecule has 0 aliphatic carbocycles. The molecule has 0 bridgehead atoms. The molecule has 0 saturated carbocycles. The highest BCUT2D eigenvalue weighted by atomic mass is 16.6. The van der Waals surface area contributed by atoms with Crippen LogP contribution in [0, 0.1) is 10.1 Å². The van der Waals surface area contributed by atoms with E-state index in [1.54, 1.807) is 44.4 Å². The third kappa shape index (κ3) is 7.28. The Morgan fingerprint density at radius 3 is 2.49 bits per heavy atom. The van der Waals surface area contributed by atoms with Gasteiger partial charge in [0.05, 0.1) is 42.1 Å². The quantitative estimate of drug-likeness (QED) is 0.197. The summed E-state index contributed by atoms with van der Waals surface area (Å²) >= 11 is 0. The summed E-state index contributed by atoms with van der Waals surface area (Å²) in [5.74, 6) is -1.12. The summed E-state index contributed by atoms with van der Waals surface area (Å²) < 4.78 is 17.5. The number of esters is 1. The first-order valence-electron chi connectivity index (χ1n) is 11.9. The molecule has 1 aromatic heterocycles. The standard InChI is InChI=1S/C25H28N6O8/c1-5-24(33)39-15(2)19-10-21(37-4)22(11-20(19)31(35)36)38-14-23(32)27-12-17-13-30(29-28-17)18-8-6-16(7-9-18)25(34)26-3/h6-11,13,15H,5,12,14H2,1-4H3,(H,26,34)(H,27,32). The van der Waals surface area contributed by atoms with E-state index in [9.17, 15) is 24.5 Å². The minimum Gasteiger partial charge on any atom is -0.493 e. The van der Waals surface area contributed by atoms with Crippen molar-refractivity contribution in [3.05, 3.63) is 69.5 Å². The molecule has 1 unspecified atom stereocenters. The van der Waals surface area contributed by atoms with Gasteiger partial charge in [-0.25, -0.2) is 4.68 Å². The van der Waals surface area contributed by atoms with E-state index < -0.39 is 29.5 Å². The number of methoxy groups -OCH3 is 1. The molecule has 3 aromatic rings. The van der Waals surface area contributed by atoms with Crippen LogP contribution >= 0.6 is 0 Å². The van der Waals surface area contributed by atoms with E-state index >= 15 is 0 Å². The highest BCUT2D eigenvalue weighted by molar-refractivity contribution is 5.94. The van der Waals surface area contributed by atoms with Crippen molar-refractivity contribution in [3.8, 4) is 17.2 Å². The number of amides is 2. The predicted octanol–water partition coefficient (Wildman–Crippen LogP) is 2.25. The van der Waals surface area contributed by atoms with Crippen LogP contribution in [0.1, 0.15) is 48.0 Å². The molecule has 0 radical (unpaired) electrons. The largest absolute Gasteiger partial charge is 0.493 e. The molecule has 206 valence electrons. The zero-order chi connectivity index (χ0) is 28.5. The van der Waals surface area contributed by atoms with E-state index in [0.29, 0.717) is 16.9 Å². The van der Waals surface area contributed by atoms with Gasteiger partial charge in [0.1, 0.15) is 11.8 Å². The van der Waals surface area contributed by atoms with Crippen LogP contribution < -0.4 is 20.1 Å². The summed E-state index contributed by atoms with van der Waals surface area (Å²) in [6, 6.07) is 9.19. The number of rotatable bonds is 12. The molecule has 14 nitrogen and oxygen atoms in total. The van der Waals surface area contributed by atoms with Crippen molar-refractivity contribution in [1.82, 2.24) is 25.6 Å². The van der Waals surface area contributed by atoms with Gasteiger partial charge in [0.25, 0.3) is 17.5 Å². The van der Waals surface area contributed by atoms with E-state index in [4.69, 9.17) is 14.2 Å². The molecule has 0 aliphatic heterocycles. The van der Waals surface area contributed by atoms with Gasteiger partial charge in [-0.05, 0) is 37.3 Å². The Kier molecular flexibility index (Phi) is 9.51. The van der Waals surface area contributed by atoms with Crippen molar-refractivity contribution in [1.29, 1.82) is 0 Å². The summed E-state index contributed by atoms with van der Waals surface area (Å²) in [5.41, 5.74) is 1.42. The Hall–Kier alpha value is -5.01. The van der Waals surface area contributed by atoms with Crippen molar-refractivity contribution >= 4 is 23.5 Å². The lowest BCUT2D eigenvalue weighted by molar-refractivity contribution is -0.386. The Labute approximate surface area is 223 Å². The summed E-state index contributed by atoms with van der Waals surface area (Å²) in [7, 11) is 2.89. The molecule has 2 N–H and O–H groups in total. The zero-order valence-corrected chi connectivity index (χ0v) is 21.8. The first kappa shape index (κ1) is 28.6. The molecule has 1 atom stereocenters. The number of carbonyl (C=O) groups is 3. The Morgan fingerprint density at radius 2 is 1.87 bits per heavy atom. The molecule has 2 amide bonds. The normalized spacial score (nSPS) is 11.3. The Balaban J connectivity index is 1.62. The number of nitrogens with zero attached hydrogens (tertiary/aromatic N) is 4. The summed E-state index contributed by atoms with van der Waals surface area (Å²) in [5, 5.41) is 24.9. The molecule has 0 fully saturated rings. The highest BCUT2D eigenvalue weighted by Gasteiger charge is 2.26. The van der Waals surface area contributed by atoms with Crippen LogP contribution in [-0.4, -0.2) is 58.5 Å². The predicted molar refractivity (Wildman–Crippen MR) is 137 cm³/mol. The molecule has 3 rings (SSSR count). The summed E-state index contributed by atoms with van der Waals surface area (Å²) in [6.45, 7) is 2.72. The van der Waals surface area contributed by atoms with Crippen LogP contribution in [-0.2, 0) is 20.9 Å². The van der Waals surface area contributed by atoms with Gasteiger partial charge in [-0.2, -0.15) is 0 Å². The second-order valence-electron chi connectivity index (χ2n) is 8.15. The average Bonchev–Trinajstić information content (AvgIpc) is 3.43. The summed E-state index contributed by atoms with van der Waals surface area (Å²) in [4.78, 5) is 46.7. The van der Waals surface area contributed by atoms with Crippen LogP contribution in [0.2, 0.25) is 0 Å². The van der Waals surface area contributed by atoms with E-state index in [2.05, 4.69) is 20.9 Å².